The maximum absolute atomic E-state index is 13.6. The molecule has 2 aliphatic heterocycles. The fourth-order valence-electron chi connectivity index (χ4n) is 4.88. The number of piperidine rings is 1. The zero-order chi connectivity index (χ0) is 17.3. The highest BCUT2D eigenvalue weighted by Crippen LogP contribution is 2.38. The summed E-state index contributed by atoms with van der Waals surface area (Å²) in [5.41, 5.74) is 0.339. The van der Waals surface area contributed by atoms with Crippen LogP contribution in [0.25, 0.3) is 0 Å². The Morgan fingerprint density at radius 2 is 1.68 bits per heavy atom. The number of amides is 3. The third kappa shape index (κ3) is 2.95. The number of hydrogen-bond donors (Lipinski definition) is 2. The Morgan fingerprint density at radius 1 is 1.00 bits per heavy atom. The molecule has 134 valence electrons. The van der Waals surface area contributed by atoms with E-state index in [-0.39, 0.29) is 23.9 Å². The van der Waals surface area contributed by atoms with Crippen LogP contribution in [-0.4, -0.2) is 41.5 Å². The standard InChI is InChI=1S/C20H27N3O2/c24-18-20(16-10-12-21-13-11-16,14-15-6-2-1-3-7-15)22-19(25)23(18)17-8-4-5-9-17/h1-3,6-7,16-17,21H,4-5,8-14H2,(H,22,25)/t20-/m0/s1. The Bertz CT molecular complexity index is 636. The summed E-state index contributed by atoms with van der Waals surface area (Å²) in [5, 5.41) is 6.55. The van der Waals surface area contributed by atoms with E-state index in [0.29, 0.717) is 6.42 Å². The summed E-state index contributed by atoms with van der Waals surface area (Å²) in [6.07, 6.45) is 6.57. The zero-order valence-electron chi connectivity index (χ0n) is 14.7. The molecule has 1 saturated carbocycles. The Morgan fingerprint density at radius 3 is 2.36 bits per heavy atom. The van der Waals surface area contributed by atoms with Gasteiger partial charge < -0.3 is 10.6 Å². The predicted octanol–water partition coefficient (Wildman–Crippen LogP) is 2.46. The molecule has 1 aromatic carbocycles. The maximum atomic E-state index is 13.6. The Kier molecular flexibility index (Phi) is 4.50. The molecule has 25 heavy (non-hydrogen) atoms. The highest BCUT2D eigenvalue weighted by Gasteiger charge is 2.57. The minimum Gasteiger partial charge on any atom is -0.322 e. The molecule has 1 aromatic rings. The van der Waals surface area contributed by atoms with E-state index in [1.165, 1.54) is 0 Å². The van der Waals surface area contributed by atoms with Crippen molar-refractivity contribution < 1.29 is 9.59 Å². The Hall–Kier alpha value is -1.88. The van der Waals surface area contributed by atoms with Crippen molar-refractivity contribution in [2.45, 2.75) is 56.5 Å². The lowest BCUT2D eigenvalue weighted by Crippen LogP contribution is -2.57. The molecule has 2 heterocycles. The second kappa shape index (κ2) is 6.79. The van der Waals surface area contributed by atoms with Crippen molar-refractivity contribution in [3.63, 3.8) is 0 Å². The van der Waals surface area contributed by atoms with Crippen molar-refractivity contribution in [2.24, 2.45) is 5.92 Å². The molecule has 0 radical (unpaired) electrons. The highest BCUT2D eigenvalue weighted by molar-refractivity contribution is 6.07. The van der Waals surface area contributed by atoms with Gasteiger partial charge in [-0.1, -0.05) is 43.2 Å². The van der Waals surface area contributed by atoms with E-state index in [4.69, 9.17) is 0 Å². The van der Waals surface area contributed by atoms with Crippen LogP contribution in [-0.2, 0) is 11.2 Å². The van der Waals surface area contributed by atoms with E-state index < -0.39 is 5.54 Å². The third-order valence-electron chi connectivity index (χ3n) is 6.20. The van der Waals surface area contributed by atoms with Crippen LogP contribution in [0.1, 0.15) is 44.1 Å². The molecule has 2 N–H and O–H groups in total. The molecule has 3 fully saturated rings. The lowest BCUT2D eigenvalue weighted by atomic mass is 9.74. The first-order valence-corrected chi connectivity index (χ1v) is 9.61. The highest BCUT2D eigenvalue weighted by atomic mass is 16.2. The molecule has 4 rings (SSSR count). The number of carbonyl (C=O) groups excluding carboxylic acids is 2. The van der Waals surface area contributed by atoms with Gasteiger partial charge in [0.15, 0.2) is 0 Å². The summed E-state index contributed by atoms with van der Waals surface area (Å²) in [7, 11) is 0. The van der Waals surface area contributed by atoms with Gasteiger partial charge in [-0.15, -0.1) is 0 Å². The number of hydrogen-bond acceptors (Lipinski definition) is 3. The minimum atomic E-state index is -0.775. The van der Waals surface area contributed by atoms with Crippen LogP contribution in [0.2, 0.25) is 0 Å². The van der Waals surface area contributed by atoms with Gasteiger partial charge in [-0.25, -0.2) is 4.79 Å². The lowest BCUT2D eigenvalue weighted by molar-refractivity contribution is -0.135. The molecule has 0 spiro atoms. The molecule has 1 atom stereocenters. The normalized spacial score (nSPS) is 28.6. The number of rotatable bonds is 4. The summed E-state index contributed by atoms with van der Waals surface area (Å²) >= 11 is 0. The minimum absolute atomic E-state index is 0.0140. The first-order chi connectivity index (χ1) is 12.2. The van der Waals surface area contributed by atoms with E-state index in [9.17, 15) is 9.59 Å². The van der Waals surface area contributed by atoms with Gasteiger partial charge in [0.2, 0.25) is 0 Å². The molecule has 0 unspecified atom stereocenters. The van der Waals surface area contributed by atoms with E-state index in [1.807, 2.05) is 18.2 Å². The average molecular weight is 341 g/mol. The number of nitrogens with zero attached hydrogens (tertiary/aromatic N) is 1. The van der Waals surface area contributed by atoms with E-state index >= 15 is 0 Å². The molecular formula is C20H27N3O2. The van der Waals surface area contributed by atoms with Crippen molar-refractivity contribution in [3.8, 4) is 0 Å². The summed E-state index contributed by atoms with van der Waals surface area (Å²) in [6.45, 7) is 1.82. The quantitative estimate of drug-likeness (QED) is 0.827. The summed E-state index contributed by atoms with van der Waals surface area (Å²) in [4.78, 5) is 27.9. The number of carbonyl (C=O) groups is 2. The van der Waals surface area contributed by atoms with Gasteiger partial charge in [-0.3, -0.25) is 9.69 Å². The second-order valence-electron chi connectivity index (χ2n) is 7.70. The van der Waals surface area contributed by atoms with Gasteiger partial charge in [0.05, 0.1) is 0 Å². The van der Waals surface area contributed by atoms with Crippen LogP contribution in [0.4, 0.5) is 4.79 Å². The molecule has 0 bridgehead atoms. The number of nitrogens with one attached hydrogen (secondary N) is 2. The largest absolute Gasteiger partial charge is 0.325 e. The number of urea groups is 1. The van der Waals surface area contributed by atoms with Crippen LogP contribution in [0.15, 0.2) is 30.3 Å². The Balaban J connectivity index is 1.67. The first-order valence-electron chi connectivity index (χ1n) is 9.61. The van der Waals surface area contributed by atoms with Gasteiger partial charge in [0.1, 0.15) is 5.54 Å². The molecule has 1 aliphatic carbocycles. The van der Waals surface area contributed by atoms with E-state index in [2.05, 4.69) is 22.8 Å². The van der Waals surface area contributed by atoms with Gasteiger partial charge in [0, 0.05) is 12.5 Å². The van der Waals surface area contributed by atoms with Gasteiger partial charge in [-0.2, -0.15) is 0 Å². The summed E-state index contributed by atoms with van der Waals surface area (Å²) in [5.74, 6) is 0.206. The molecule has 3 aliphatic rings. The smallest absolute Gasteiger partial charge is 0.322 e. The maximum Gasteiger partial charge on any atom is 0.325 e. The molecule has 5 heteroatoms. The van der Waals surface area contributed by atoms with Crippen molar-refractivity contribution in [1.29, 1.82) is 0 Å². The van der Waals surface area contributed by atoms with Crippen molar-refractivity contribution in [3.05, 3.63) is 35.9 Å². The molecule has 5 nitrogen and oxygen atoms in total. The topological polar surface area (TPSA) is 61.4 Å². The predicted molar refractivity (Wildman–Crippen MR) is 96.1 cm³/mol. The molecular weight excluding hydrogens is 314 g/mol. The fraction of sp³-hybridized carbons (Fsp3) is 0.600. The van der Waals surface area contributed by atoms with Crippen LogP contribution in [0, 0.1) is 5.92 Å². The van der Waals surface area contributed by atoms with Crippen molar-refractivity contribution in [2.75, 3.05) is 13.1 Å². The molecule has 3 amide bonds. The second-order valence-corrected chi connectivity index (χ2v) is 7.70. The summed E-state index contributed by atoms with van der Waals surface area (Å²) < 4.78 is 0. The van der Waals surface area contributed by atoms with Crippen LogP contribution in [0.5, 0.6) is 0 Å². The number of benzene rings is 1. The van der Waals surface area contributed by atoms with Gasteiger partial charge >= 0.3 is 6.03 Å². The van der Waals surface area contributed by atoms with Gasteiger partial charge in [0.25, 0.3) is 5.91 Å². The van der Waals surface area contributed by atoms with E-state index in [1.54, 1.807) is 4.90 Å². The number of imide groups is 1. The molecule has 0 aromatic heterocycles. The van der Waals surface area contributed by atoms with Crippen LogP contribution >= 0.6 is 0 Å². The van der Waals surface area contributed by atoms with E-state index in [0.717, 1.165) is 57.2 Å². The SMILES string of the molecule is O=C1N[C@@](Cc2ccccc2)(C2CCNCC2)C(=O)N1C1CCCC1. The van der Waals surface area contributed by atoms with Crippen LogP contribution in [0.3, 0.4) is 0 Å². The fourth-order valence-corrected chi connectivity index (χ4v) is 4.88. The zero-order valence-corrected chi connectivity index (χ0v) is 14.7. The first kappa shape index (κ1) is 16.6. The van der Waals surface area contributed by atoms with Gasteiger partial charge in [-0.05, 0) is 50.3 Å². The lowest BCUT2D eigenvalue weighted by Gasteiger charge is -2.38. The summed E-state index contributed by atoms with van der Waals surface area (Å²) in [6, 6.07) is 10.0. The van der Waals surface area contributed by atoms with Crippen molar-refractivity contribution >= 4 is 11.9 Å². The Labute approximate surface area is 149 Å². The van der Waals surface area contributed by atoms with Crippen LogP contribution < -0.4 is 10.6 Å². The monoisotopic (exact) mass is 341 g/mol. The third-order valence-corrected chi connectivity index (χ3v) is 6.20. The molecule has 2 saturated heterocycles. The average Bonchev–Trinajstić information content (AvgIpc) is 3.24. The van der Waals surface area contributed by atoms with Crippen molar-refractivity contribution in [1.82, 2.24) is 15.5 Å².